The molecule has 1 aromatic rings. The Morgan fingerprint density at radius 1 is 1.28 bits per heavy atom. The average molecular weight is 392 g/mol. The Labute approximate surface area is 151 Å². The Hall–Kier alpha value is -1.36. The molecule has 0 bridgehead atoms. The van der Waals surface area contributed by atoms with Gasteiger partial charge in [-0.25, -0.2) is 13.1 Å². The lowest BCUT2D eigenvalue weighted by atomic mass is 10.3. The van der Waals surface area contributed by atoms with E-state index >= 15 is 0 Å². The molecule has 1 aromatic heterocycles. The van der Waals surface area contributed by atoms with Crippen molar-refractivity contribution < 1.29 is 17.9 Å². The highest BCUT2D eigenvalue weighted by atomic mass is 35.5. The first-order valence-corrected chi connectivity index (χ1v) is 10.4. The molecule has 0 atom stereocenters. The summed E-state index contributed by atoms with van der Waals surface area (Å²) in [5.41, 5.74) is 0.181. The van der Waals surface area contributed by atoms with Gasteiger partial charge in [0.15, 0.2) is 5.69 Å². The van der Waals surface area contributed by atoms with E-state index in [0.29, 0.717) is 58.3 Å². The van der Waals surface area contributed by atoms with Gasteiger partial charge in [0.2, 0.25) is 15.9 Å². The van der Waals surface area contributed by atoms with E-state index in [0.717, 1.165) is 6.42 Å². The molecule has 0 unspecified atom stereocenters. The van der Waals surface area contributed by atoms with Crippen molar-refractivity contribution in [3.63, 3.8) is 0 Å². The van der Waals surface area contributed by atoms with Gasteiger partial charge in [-0.05, 0) is 0 Å². The number of carbonyl (C=O) groups is 1. The maximum Gasteiger partial charge on any atom is 0.273 e. The molecule has 0 aromatic carbocycles. The molecule has 1 fully saturated rings. The van der Waals surface area contributed by atoms with E-state index in [2.05, 4.69) is 15.3 Å². The Morgan fingerprint density at radius 3 is 2.64 bits per heavy atom. The van der Waals surface area contributed by atoms with Gasteiger partial charge in [-0.3, -0.25) is 9.69 Å². The first kappa shape index (κ1) is 18.4. The molecule has 0 aliphatic carbocycles. The summed E-state index contributed by atoms with van der Waals surface area (Å²) in [6.45, 7) is 4.60. The van der Waals surface area contributed by atoms with Crippen molar-refractivity contribution in [2.45, 2.75) is 13.0 Å². The Bertz CT molecular complexity index is 743. The van der Waals surface area contributed by atoms with E-state index in [1.165, 1.54) is 10.6 Å². The van der Waals surface area contributed by atoms with Crippen molar-refractivity contribution in [3.8, 4) is 5.88 Å². The van der Waals surface area contributed by atoms with Crippen LogP contribution in [-0.2, 0) is 16.6 Å². The van der Waals surface area contributed by atoms with Crippen molar-refractivity contribution in [3.05, 3.63) is 10.7 Å². The highest BCUT2D eigenvalue weighted by molar-refractivity contribution is 7.88. The number of hydrogen-bond acceptors (Lipinski definition) is 6. The van der Waals surface area contributed by atoms with E-state index in [-0.39, 0.29) is 16.6 Å². The molecule has 9 nitrogen and oxygen atoms in total. The van der Waals surface area contributed by atoms with Gasteiger partial charge in [0.05, 0.1) is 12.9 Å². The van der Waals surface area contributed by atoms with Gasteiger partial charge in [-0.1, -0.05) is 11.6 Å². The fourth-order valence-electron chi connectivity index (χ4n) is 2.94. The Balaban J connectivity index is 1.47. The molecule has 2 aliphatic heterocycles. The van der Waals surface area contributed by atoms with Gasteiger partial charge in [-0.2, -0.15) is 9.40 Å². The third-order valence-electron chi connectivity index (χ3n) is 4.33. The predicted octanol–water partition coefficient (Wildman–Crippen LogP) is -0.374. The number of aromatic nitrogens is 2. The number of fused-ring (bicyclic) bond motifs is 1. The number of ether oxygens (including phenoxy) is 1. The molecule has 2 aliphatic rings. The maximum absolute atomic E-state index is 12.3. The number of sulfonamides is 1. The van der Waals surface area contributed by atoms with Crippen LogP contribution in [0.15, 0.2) is 0 Å². The van der Waals surface area contributed by atoms with E-state index in [4.69, 9.17) is 16.3 Å². The molecule has 0 radical (unpaired) electrons. The van der Waals surface area contributed by atoms with Crippen LogP contribution >= 0.6 is 11.6 Å². The topological polar surface area (TPSA) is 96.8 Å². The van der Waals surface area contributed by atoms with E-state index in [1.54, 1.807) is 4.68 Å². The van der Waals surface area contributed by atoms with Crippen LogP contribution in [0.2, 0.25) is 5.02 Å². The maximum atomic E-state index is 12.3. The Morgan fingerprint density at radius 2 is 2.00 bits per heavy atom. The molecule has 0 saturated carbocycles. The number of amides is 1. The van der Waals surface area contributed by atoms with Crippen LogP contribution in [0.5, 0.6) is 5.88 Å². The molecule has 140 valence electrons. The molecule has 3 heterocycles. The SMILES string of the molecule is CS(=O)(=O)N1CCN(CCNC(=O)c2nn3c(c2Cl)OCCC3)CC1. The van der Waals surface area contributed by atoms with Gasteiger partial charge < -0.3 is 10.1 Å². The second kappa shape index (κ2) is 7.48. The summed E-state index contributed by atoms with van der Waals surface area (Å²) in [5, 5.41) is 7.27. The minimum Gasteiger partial charge on any atom is -0.477 e. The zero-order valence-corrected chi connectivity index (χ0v) is 15.6. The third-order valence-corrected chi connectivity index (χ3v) is 5.98. The van der Waals surface area contributed by atoms with Crippen LogP contribution in [0.1, 0.15) is 16.9 Å². The third kappa shape index (κ3) is 4.25. The lowest BCUT2D eigenvalue weighted by Crippen LogP contribution is -2.49. The molecule has 0 spiro atoms. The first-order valence-electron chi connectivity index (χ1n) is 8.21. The fourth-order valence-corrected chi connectivity index (χ4v) is 4.04. The first-order chi connectivity index (χ1) is 11.9. The molecule has 1 N–H and O–H groups in total. The number of nitrogens with zero attached hydrogens (tertiary/aromatic N) is 4. The average Bonchev–Trinajstić information content (AvgIpc) is 2.92. The molecule has 11 heteroatoms. The minimum absolute atomic E-state index is 0.181. The van der Waals surface area contributed by atoms with E-state index < -0.39 is 10.0 Å². The number of carbonyl (C=O) groups excluding carboxylic acids is 1. The summed E-state index contributed by atoms with van der Waals surface area (Å²) in [7, 11) is -3.13. The highest BCUT2D eigenvalue weighted by Gasteiger charge is 2.26. The predicted molar refractivity (Wildman–Crippen MR) is 92.5 cm³/mol. The number of hydrogen-bond donors (Lipinski definition) is 1. The van der Waals surface area contributed by atoms with Crippen LogP contribution in [0.25, 0.3) is 0 Å². The summed E-state index contributed by atoms with van der Waals surface area (Å²) < 4.78 is 31.5. The summed E-state index contributed by atoms with van der Waals surface area (Å²) >= 11 is 6.18. The fraction of sp³-hybridized carbons (Fsp3) is 0.714. The molecule has 25 heavy (non-hydrogen) atoms. The Kier molecular flexibility index (Phi) is 5.52. The second-order valence-corrected chi connectivity index (χ2v) is 8.51. The minimum atomic E-state index is -3.13. The van der Waals surface area contributed by atoms with Crippen molar-refractivity contribution in [2.75, 3.05) is 52.1 Å². The number of rotatable bonds is 5. The van der Waals surface area contributed by atoms with Gasteiger partial charge in [0.25, 0.3) is 5.91 Å². The molecular weight excluding hydrogens is 370 g/mol. The van der Waals surface area contributed by atoms with Crippen molar-refractivity contribution in [2.24, 2.45) is 0 Å². The largest absolute Gasteiger partial charge is 0.477 e. The second-order valence-electron chi connectivity index (χ2n) is 6.15. The standard InChI is InChI=1S/C14H22ClN5O4S/c1-25(22,23)19-8-6-18(7-9-19)5-3-16-13(21)12-11(15)14-20(17-12)4-2-10-24-14/h2-10H2,1H3,(H,16,21). The van der Waals surface area contributed by atoms with Crippen LogP contribution in [-0.4, -0.2) is 85.4 Å². The lowest BCUT2D eigenvalue weighted by molar-refractivity contribution is 0.0939. The van der Waals surface area contributed by atoms with Gasteiger partial charge in [0, 0.05) is 52.2 Å². The van der Waals surface area contributed by atoms with Crippen molar-refractivity contribution >= 4 is 27.5 Å². The lowest BCUT2D eigenvalue weighted by Gasteiger charge is -2.33. The van der Waals surface area contributed by atoms with E-state index in [1.807, 2.05) is 0 Å². The van der Waals surface area contributed by atoms with Gasteiger partial charge in [-0.15, -0.1) is 0 Å². The van der Waals surface area contributed by atoms with Gasteiger partial charge >= 0.3 is 0 Å². The number of piperazine rings is 1. The van der Waals surface area contributed by atoms with Crippen molar-refractivity contribution in [1.82, 2.24) is 24.3 Å². The van der Waals surface area contributed by atoms with Crippen molar-refractivity contribution in [1.29, 1.82) is 0 Å². The number of aryl methyl sites for hydroxylation is 1. The highest BCUT2D eigenvalue weighted by Crippen LogP contribution is 2.30. The normalized spacial score (nSPS) is 19.3. The molecule has 1 saturated heterocycles. The summed E-state index contributed by atoms with van der Waals surface area (Å²) in [6.07, 6.45) is 2.06. The van der Waals surface area contributed by atoms with Crippen LogP contribution in [0.3, 0.4) is 0 Å². The quantitative estimate of drug-likeness (QED) is 0.735. The van der Waals surface area contributed by atoms with Crippen LogP contribution in [0.4, 0.5) is 0 Å². The summed E-state index contributed by atoms with van der Waals surface area (Å²) in [4.78, 5) is 14.4. The number of nitrogens with one attached hydrogen (secondary N) is 1. The van der Waals surface area contributed by atoms with E-state index in [9.17, 15) is 13.2 Å². The van der Waals surface area contributed by atoms with Gasteiger partial charge in [0.1, 0.15) is 5.02 Å². The zero-order valence-electron chi connectivity index (χ0n) is 14.1. The molecule has 1 amide bonds. The smallest absolute Gasteiger partial charge is 0.273 e. The summed E-state index contributed by atoms with van der Waals surface area (Å²) in [6, 6.07) is 0. The summed E-state index contributed by atoms with van der Waals surface area (Å²) in [5.74, 6) is 0.125. The monoisotopic (exact) mass is 391 g/mol. The number of halogens is 1. The van der Waals surface area contributed by atoms with Crippen LogP contribution < -0.4 is 10.1 Å². The molecular formula is C14H22ClN5O4S. The molecule has 3 rings (SSSR count). The van der Waals surface area contributed by atoms with Crippen LogP contribution in [0, 0.1) is 0 Å². The zero-order chi connectivity index (χ0) is 18.0.